The molecule has 2 rings (SSSR count). The molecule has 0 saturated carbocycles. The van der Waals surface area contributed by atoms with Gasteiger partial charge < -0.3 is 15.2 Å². The Labute approximate surface area is 104 Å². The molecule has 0 amide bonds. The molecule has 1 atom stereocenters. The Morgan fingerprint density at radius 1 is 1.41 bits per heavy atom. The van der Waals surface area contributed by atoms with Gasteiger partial charge in [0, 0.05) is 11.6 Å². The van der Waals surface area contributed by atoms with Gasteiger partial charge in [-0.2, -0.15) is 0 Å². The first kappa shape index (κ1) is 13.7. The van der Waals surface area contributed by atoms with Crippen molar-refractivity contribution in [3.63, 3.8) is 0 Å². The molecule has 2 N–H and O–H groups in total. The van der Waals surface area contributed by atoms with Gasteiger partial charge in [0.05, 0.1) is 0 Å². The smallest absolute Gasteiger partial charge is 0.395 e. The zero-order valence-corrected chi connectivity index (χ0v) is 9.68. The molecule has 3 nitrogen and oxygen atoms in total. The van der Waals surface area contributed by atoms with Crippen LogP contribution in [0.5, 0.6) is 11.5 Å². The number of alkyl halides is 2. The summed E-state index contributed by atoms with van der Waals surface area (Å²) >= 11 is 0. The van der Waals surface area contributed by atoms with Gasteiger partial charge >= 0.3 is 6.29 Å². The van der Waals surface area contributed by atoms with E-state index < -0.39 is 12.3 Å². The van der Waals surface area contributed by atoms with E-state index in [-0.39, 0.29) is 23.9 Å². The van der Waals surface area contributed by atoms with Gasteiger partial charge in [0.2, 0.25) is 0 Å². The molecule has 1 heterocycles. The molecule has 1 aromatic carbocycles. The van der Waals surface area contributed by atoms with Gasteiger partial charge in [-0.05, 0) is 12.5 Å². The van der Waals surface area contributed by atoms with E-state index in [1.807, 2.05) is 0 Å². The van der Waals surface area contributed by atoms with Gasteiger partial charge in [0.15, 0.2) is 11.5 Å². The van der Waals surface area contributed by atoms with Crippen LogP contribution in [-0.2, 0) is 0 Å². The zero-order valence-electron chi connectivity index (χ0n) is 8.86. The monoisotopic (exact) mass is 263 g/mol. The van der Waals surface area contributed by atoms with E-state index in [0.29, 0.717) is 12.0 Å². The molecule has 0 fully saturated rings. The van der Waals surface area contributed by atoms with Crippen LogP contribution < -0.4 is 15.2 Å². The van der Waals surface area contributed by atoms with Gasteiger partial charge in [0.1, 0.15) is 0 Å². The maximum Gasteiger partial charge on any atom is 0.586 e. The van der Waals surface area contributed by atoms with Gasteiger partial charge in [-0.25, -0.2) is 0 Å². The Balaban J connectivity index is 0.00000144. The highest BCUT2D eigenvalue weighted by Gasteiger charge is 2.44. The number of benzene rings is 1. The summed E-state index contributed by atoms with van der Waals surface area (Å²) in [7, 11) is 0. The lowest BCUT2D eigenvalue weighted by Gasteiger charge is -2.12. The first-order valence-corrected chi connectivity index (χ1v) is 4.79. The minimum Gasteiger partial charge on any atom is -0.395 e. The summed E-state index contributed by atoms with van der Waals surface area (Å²) in [6.45, 7) is 3.55. The molecule has 1 aliphatic heterocycles. The summed E-state index contributed by atoms with van der Waals surface area (Å²) < 4.78 is 34.5. The molecule has 0 radical (unpaired) electrons. The summed E-state index contributed by atoms with van der Waals surface area (Å²) in [6, 6.07) is 4.23. The van der Waals surface area contributed by atoms with E-state index in [4.69, 9.17) is 5.73 Å². The van der Waals surface area contributed by atoms with Gasteiger partial charge in [-0.3, -0.25) is 0 Å². The van der Waals surface area contributed by atoms with E-state index in [1.165, 1.54) is 6.07 Å². The third kappa shape index (κ3) is 2.68. The van der Waals surface area contributed by atoms with Gasteiger partial charge in [0.25, 0.3) is 0 Å². The number of nitrogens with two attached hydrogens (primary N) is 1. The molecule has 0 unspecified atom stereocenters. The zero-order chi connectivity index (χ0) is 11.8. The molecule has 0 aromatic heterocycles. The first-order valence-electron chi connectivity index (χ1n) is 4.79. The van der Waals surface area contributed by atoms with E-state index >= 15 is 0 Å². The van der Waals surface area contributed by atoms with Crippen molar-refractivity contribution < 1.29 is 18.3 Å². The molecular formula is C11H12ClF2NO2. The third-order valence-electron chi connectivity index (χ3n) is 2.28. The summed E-state index contributed by atoms with van der Waals surface area (Å²) in [5.74, 6) is 0.0314. The second-order valence-corrected chi connectivity index (χ2v) is 3.47. The second kappa shape index (κ2) is 4.89. The quantitative estimate of drug-likeness (QED) is 0.853. The van der Waals surface area contributed by atoms with Crippen molar-refractivity contribution in [1.29, 1.82) is 0 Å². The molecule has 1 aromatic rings. The fraction of sp³-hybridized carbons (Fsp3) is 0.273. The van der Waals surface area contributed by atoms with Crippen molar-refractivity contribution in [3.05, 3.63) is 36.4 Å². The van der Waals surface area contributed by atoms with Crippen molar-refractivity contribution in [2.45, 2.75) is 18.8 Å². The normalized spacial score (nSPS) is 17.1. The second-order valence-electron chi connectivity index (χ2n) is 3.47. The summed E-state index contributed by atoms with van der Waals surface area (Å²) in [5.41, 5.74) is 6.31. The Bertz CT molecular complexity index is 426. The molecule has 0 spiro atoms. The van der Waals surface area contributed by atoms with Crippen LogP contribution in [0.15, 0.2) is 30.9 Å². The molecule has 1 aliphatic rings. The number of ether oxygens (including phenoxy) is 2. The number of hydrogen-bond donors (Lipinski definition) is 1. The fourth-order valence-corrected chi connectivity index (χ4v) is 1.59. The maximum absolute atomic E-state index is 12.9. The number of para-hydroxylation sites is 1. The maximum atomic E-state index is 12.9. The van der Waals surface area contributed by atoms with Crippen molar-refractivity contribution in [1.82, 2.24) is 0 Å². The molecule has 94 valence electrons. The Hall–Kier alpha value is -1.33. The molecule has 17 heavy (non-hydrogen) atoms. The average Bonchev–Trinajstić information content (AvgIpc) is 2.51. The molecule has 0 aliphatic carbocycles. The van der Waals surface area contributed by atoms with E-state index in [2.05, 4.69) is 16.1 Å². The SMILES string of the molecule is C=CC[C@H](N)c1cccc2c1OC(F)(F)O2.Cl. The molecule has 0 saturated heterocycles. The highest BCUT2D eigenvalue weighted by atomic mass is 35.5. The average molecular weight is 264 g/mol. The van der Waals surface area contributed by atoms with Crippen LogP contribution in [0.3, 0.4) is 0 Å². The van der Waals surface area contributed by atoms with Crippen LogP contribution in [0.2, 0.25) is 0 Å². The van der Waals surface area contributed by atoms with E-state index in [9.17, 15) is 8.78 Å². The fourth-order valence-electron chi connectivity index (χ4n) is 1.59. The Morgan fingerprint density at radius 2 is 2.12 bits per heavy atom. The highest BCUT2D eigenvalue weighted by molar-refractivity contribution is 5.85. The summed E-state index contributed by atoms with van der Waals surface area (Å²) in [4.78, 5) is 0. The molecule has 0 bridgehead atoms. The van der Waals surface area contributed by atoms with Crippen molar-refractivity contribution in [3.8, 4) is 11.5 Å². The van der Waals surface area contributed by atoms with Gasteiger partial charge in [-0.15, -0.1) is 27.8 Å². The topological polar surface area (TPSA) is 44.5 Å². The van der Waals surface area contributed by atoms with Crippen LogP contribution in [0.25, 0.3) is 0 Å². The third-order valence-corrected chi connectivity index (χ3v) is 2.28. The number of fused-ring (bicyclic) bond motifs is 1. The molecular weight excluding hydrogens is 252 g/mol. The Kier molecular flexibility index (Phi) is 3.95. The number of halogens is 3. The van der Waals surface area contributed by atoms with Crippen molar-refractivity contribution in [2.24, 2.45) is 5.73 Å². The van der Waals surface area contributed by atoms with E-state index in [0.717, 1.165) is 0 Å². The Morgan fingerprint density at radius 3 is 2.76 bits per heavy atom. The van der Waals surface area contributed by atoms with E-state index in [1.54, 1.807) is 18.2 Å². The lowest BCUT2D eigenvalue weighted by Crippen LogP contribution is -2.26. The van der Waals surface area contributed by atoms with Crippen LogP contribution in [0.4, 0.5) is 8.78 Å². The predicted octanol–water partition coefficient (Wildman–Crippen LogP) is 3.01. The van der Waals surface area contributed by atoms with Crippen molar-refractivity contribution in [2.75, 3.05) is 0 Å². The lowest BCUT2D eigenvalue weighted by molar-refractivity contribution is -0.287. The lowest BCUT2D eigenvalue weighted by atomic mass is 10.0. The minimum atomic E-state index is -3.60. The van der Waals surface area contributed by atoms with Crippen LogP contribution in [-0.4, -0.2) is 6.29 Å². The highest BCUT2D eigenvalue weighted by Crippen LogP contribution is 2.45. The largest absolute Gasteiger partial charge is 0.586 e. The standard InChI is InChI=1S/C11H11F2NO2.ClH/c1-2-4-8(14)7-5-3-6-9-10(7)16-11(12,13)15-9;/h2-3,5-6,8H,1,4,14H2;1H/t8-;/m0./s1. The van der Waals surface area contributed by atoms with Crippen molar-refractivity contribution >= 4 is 12.4 Å². The first-order chi connectivity index (χ1) is 7.53. The van der Waals surface area contributed by atoms with Gasteiger partial charge in [-0.1, -0.05) is 18.2 Å². The molecule has 6 heteroatoms. The van der Waals surface area contributed by atoms with Crippen LogP contribution in [0.1, 0.15) is 18.0 Å². The van der Waals surface area contributed by atoms with Crippen LogP contribution >= 0.6 is 12.4 Å². The number of rotatable bonds is 3. The van der Waals surface area contributed by atoms with Crippen LogP contribution in [0, 0.1) is 0 Å². The predicted molar refractivity (Wildman–Crippen MR) is 61.6 cm³/mol. The minimum absolute atomic E-state index is 0. The summed E-state index contributed by atoms with van der Waals surface area (Å²) in [5, 5.41) is 0. The summed E-state index contributed by atoms with van der Waals surface area (Å²) in [6.07, 6.45) is -1.50. The number of hydrogen-bond acceptors (Lipinski definition) is 3.